The lowest BCUT2D eigenvalue weighted by Crippen LogP contribution is -2.33. The lowest BCUT2D eigenvalue weighted by molar-refractivity contribution is -0.772. The quantitative estimate of drug-likeness (QED) is 0.646. The molecule has 0 aliphatic rings. The second kappa shape index (κ2) is 7.10. The Morgan fingerprint density at radius 3 is 2.83 bits per heavy atom. The van der Waals surface area contributed by atoms with Gasteiger partial charge in [0.1, 0.15) is 5.75 Å². The minimum absolute atomic E-state index is 0.256. The Balaban J connectivity index is 2.14. The average Bonchev–Trinajstić information content (AvgIpc) is 2.82. The first kappa shape index (κ1) is 17.4. The first-order valence-corrected chi connectivity index (χ1v) is 7.94. The lowest BCUT2D eigenvalue weighted by atomic mass is 10.2. The molecule has 0 saturated carbocycles. The molecule has 1 heterocycles. The van der Waals surface area contributed by atoms with E-state index in [1.165, 1.54) is 11.8 Å². The summed E-state index contributed by atoms with van der Waals surface area (Å²) in [6, 6.07) is 3.37. The van der Waals surface area contributed by atoms with Crippen LogP contribution in [0.5, 0.6) is 11.7 Å². The summed E-state index contributed by atoms with van der Waals surface area (Å²) < 4.78 is 11.0. The molecule has 0 saturated heterocycles. The molecular weight excluding hydrogens is 342 g/mol. The van der Waals surface area contributed by atoms with Gasteiger partial charge in [0, 0.05) is 11.1 Å². The van der Waals surface area contributed by atoms with Crippen molar-refractivity contribution in [2.24, 2.45) is 7.05 Å². The van der Waals surface area contributed by atoms with Gasteiger partial charge in [0.2, 0.25) is 5.91 Å². The van der Waals surface area contributed by atoms with E-state index in [-0.39, 0.29) is 10.9 Å². The van der Waals surface area contributed by atoms with Crippen LogP contribution in [-0.2, 0) is 11.8 Å². The number of aryl methyl sites for hydroxylation is 2. The van der Waals surface area contributed by atoms with Gasteiger partial charge in [0.15, 0.2) is 13.0 Å². The second-order valence-electron chi connectivity index (χ2n) is 4.84. The Labute approximate surface area is 142 Å². The van der Waals surface area contributed by atoms with Gasteiger partial charge in [-0.2, -0.15) is 0 Å². The van der Waals surface area contributed by atoms with Crippen molar-refractivity contribution in [3.63, 3.8) is 0 Å². The SMILES string of the molecule is COc1cc(Cl)c(C)cc1NC(=O)C(C)Sc1c([O-])on[n+]1C. The zero-order valence-corrected chi connectivity index (χ0v) is 14.6. The van der Waals surface area contributed by atoms with Crippen molar-refractivity contribution in [1.82, 2.24) is 5.27 Å². The second-order valence-corrected chi connectivity index (χ2v) is 6.58. The molecule has 1 aromatic carbocycles. The lowest BCUT2D eigenvalue weighted by Gasteiger charge is -2.14. The Morgan fingerprint density at radius 2 is 2.26 bits per heavy atom. The standard InChI is InChI=1S/C14H16ClN3O4S/c1-7-5-10(11(21-4)6-9(7)15)16-12(19)8(2)23-13-14(20)22-17-18(13)3/h5-6,8H,1-4H3,(H-,16,17,19,20). The summed E-state index contributed by atoms with van der Waals surface area (Å²) >= 11 is 7.11. The van der Waals surface area contributed by atoms with Crippen molar-refractivity contribution in [1.29, 1.82) is 0 Å². The van der Waals surface area contributed by atoms with Gasteiger partial charge in [-0.15, -0.1) is 0 Å². The molecule has 1 unspecified atom stereocenters. The summed E-state index contributed by atoms with van der Waals surface area (Å²) in [6.45, 7) is 3.51. The van der Waals surface area contributed by atoms with Gasteiger partial charge in [-0.25, -0.2) is 0 Å². The highest BCUT2D eigenvalue weighted by molar-refractivity contribution is 8.00. The van der Waals surface area contributed by atoms with Gasteiger partial charge in [-0.1, -0.05) is 16.3 Å². The van der Waals surface area contributed by atoms with Crippen LogP contribution in [0.3, 0.4) is 0 Å². The zero-order valence-electron chi connectivity index (χ0n) is 13.0. The number of hydrogen-bond donors (Lipinski definition) is 1. The molecule has 2 aromatic rings. The number of rotatable bonds is 5. The van der Waals surface area contributed by atoms with Gasteiger partial charge < -0.3 is 19.7 Å². The number of nitrogens with one attached hydrogen (secondary N) is 1. The minimum Gasteiger partial charge on any atom is -0.538 e. The molecule has 9 heteroatoms. The van der Waals surface area contributed by atoms with E-state index in [0.29, 0.717) is 16.5 Å². The molecular formula is C14H16ClN3O4S. The molecule has 0 radical (unpaired) electrons. The number of carbonyl (C=O) groups is 1. The highest BCUT2D eigenvalue weighted by Gasteiger charge is 2.23. The number of ether oxygens (including phenoxy) is 1. The first-order chi connectivity index (χ1) is 10.8. The van der Waals surface area contributed by atoms with Crippen molar-refractivity contribution in [2.45, 2.75) is 24.1 Å². The Morgan fingerprint density at radius 1 is 1.57 bits per heavy atom. The third-order valence-electron chi connectivity index (χ3n) is 3.11. The number of aromatic nitrogens is 2. The number of thioether (sulfide) groups is 1. The summed E-state index contributed by atoms with van der Waals surface area (Å²) in [7, 11) is 3.07. The van der Waals surface area contributed by atoms with Crippen LogP contribution < -0.4 is 19.8 Å². The molecule has 0 fully saturated rings. The monoisotopic (exact) mass is 357 g/mol. The highest BCUT2D eigenvalue weighted by Crippen LogP contribution is 2.32. The fourth-order valence-corrected chi connectivity index (χ4v) is 2.79. The third-order valence-corrected chi connectivity index (χ3v) is 4.74. The maximum Gasteiger partial charge on any atom is 0.291 e. The maximum absolute atomic E-state index is 12.3. The Kier molecular flexibility index (Phi) is 5.38. The van der Waals surface area contributed by atoms with E-state index in [1.54, 1.807) is 26.1 Å². The zero-order chi connectivity index (χ0) is 17.1. The number of methoxy groups -OCH3 is 1. The summed E-state index contributed by atoms with van der Waals surface area (Å²) in [5, 5.41) is 18.1. The number of anilines is 1. The topological polar surface area (TPSA) is 91.3 Å². The Bertz CT molecular complexity index is 716. The van der Waals surface area contributed by atoms with E-state index in [0.717, 1.165) is 17.3 Å². The summed E-state index contributed by atoms with van der Waals surface area (Å²) in [4.78, 5) is 12.3. The maximum atomic E-state index is 12.3. The predicted molar refractivity (Wildman–Crippen MR) is 83.8 cm³/mol. The van der Waals surface area contributed by atoms with E-state index in [9.17, 15) is 9.90 Å². The minimum atomic E-state index is -0.572. The van der Waals surface area contributed by atoms with Crippen LogP contribution in [-0.4, -0.2) is 23.5 Å². The number of amides is 1. The fourth-order valence-electron chi connectivity index (χ4n) is 1.82. The van der Waals surface area contributed by atoms with E-state index in [4.69, 9.17) is 16.3 Å². The van der Waals surface area contributed by atoms with Crippen molar-refractivity contribution < 1.29 is 23.8 Å². The molecule has 2 rings (SSSR count). The van der Waals surface area contributed by atoms with Gasteiger partial charge in [0.05, 0.1) is 23.3 Å². The van der Waals surface area contributed by atoms with Crippen molar-refractivity contribution in [2.75, 3.05) is 12.4 Å². The van der Waals surface area contributed by atoms with Crippen LogP contribution in [0.4, 0.5) is 5.69 Å². The van der Waals surface area contributed by atoms with Gasteiger partial charge in [-0.3, -0.25) is 4.79 Å². The number of benzene rings is 1. The van der Waals surface area contributed by atoms with Crippen molar-refractivity contribution >= 4 is 35.0 Å². The van der Waals surface area contributed by atoms with Crippen LogP contribution in [0.15, 0.2) is 21.7 Å². The molecule has 1 amide bonds. The summed E-state index contributed by atoms with van der Waals surface area (Å²) in [5.41, 5.74) is 1.33. The van der Waals surface area contributed by atoms with Crippen LogP contribution >= 0.6 is 23.4 Å². The van der Waals surface area contributed by atoms with Gasteiger partial charge >= 0.3 is 0 Å². The molecule has 0 spiro atoms. The molecule has 0 aliphatic heterocycles. The Hall–Kier alpha value is -1.93. The fraction of sp³-hybridized carbons (Fsp3) is 0.357. The number of carbonyl (C=O) groups excluding carboxylic acids is 1. The molecule has 124 valence electrons. The summed E-state index contributed by atoms with van der Waals surface area (Å²) in [5.74, 6) is -0.390. The highest BCUT2D eigenvalue weighted by atomic mass is 35.5. The number of hydrogen-bond acceptors (Lipinski definition) is 6. The van der Waals surface area contributed by atoms with E-state index in [2.05, 4.69) is 15.1 Å². The molecule has 1 N–H and O–H groups in total. The number of halogens is 1. The van der Waals surface area contributed by atoms with Crippen LogP contribution in [0.25, 0.3) is 0 Å². The van der Waals surface area contributed by atoms with Crippen LogP contribution in [0.1, 0.15) is 12.5 Å². The molecule has 0 aliphatic carbocycles. The predicted octanol–water partition coefficient (Wildman–Crippen LogP) is 1.66. The normalized spacial score (nSPS) is 12.0. The largest absolute Gasteiger partial charge is 0.538 e. The van der Waals surface area contributed by atoms with Gasteiger partial charge in [0.25, 0.3) is 5.03 Å². The van der Waals surface area contributed by atoms with Crippen molar-refractivity contribution in [3.05, 3.63) is 22.7 Å². The smallest absolute Gasteiger partial charge is 0.291 e. The van der Waals surface area contributed by atoms with Gasteiger partial charge in [-0.05, 0) is 37.2 Å². The molecule has 1 aromatic heterocycles. The summed E-state index contributed by atoms with van der Waals surface area (Å²) in [6.07, 6.45) is 0. The van der Waals surface area contributed by atoms with Crippen molar-refractivity contribution in [3.8, 4) is 11.7 Å². The molecule has 1 atom stereocenters. The first-order valence-electron chi connectivity index (χ1n) is 6.68. The molecule has 23 heavy (non-hydrogen) atoms. The average molecular weight is 358 g/mol. The van der Waals surface area contributed by atoms with Crippen LogP contribution in [0.2, 0.25) is 5.02 Å². The molecule has 0 bridgehead atoms. The van der Waals surface area contributed by atoms with E-state index in [1.807, 2.05) is 6.92 Å². The van der Waals surface area contributed by atoms with Crippen LogP contribution in [0, 0.1) is 6.92 Å². The molecule has 7 nitrogen and oxygen atoms in total. The van der Waals surface area contributed by atoms with E-state index < -0.39 is 11.2 Å². The number of nitrogens with zero attached hydrogens (tertiary/aromatic N) is 2. The van der Waals surface area contributed by atoms with E-state index >= 15 is 0 Å². The third kappa shape index (κ3) is 3.89.